The molecule has 1 unspecified atom stereocenters. The molecule has 1 aromatic rings. The second kappa shape index (κ2) is 6.15. The minimum absolute atomic E-state index is 0.0272. The number of ketones is 1. The molecule has 1 aromatic heterocycles. The van der Waals surface area contributed by atoms with Crippen LogP contribution < -0.4 is 0 Å². The van der Waals surface area contributed by atoms with Crippen molar-refractivity contribution in [3.8, 4) is 0 Å². The van der Waals surface area contributed by atoms with Gasteiger partial charge in [0.25, 0.3) is 0 Å². The van der Waals surface area contributed by atoms with Crippen molar-refractivity contribution < 1.29 is 19.4 Å². The molecule has 0 radical (unpaired) electrons. The zero-order chi connectivity index (χ0) is 14.7. The molecule has 0 aliphatic heterocycles. The zero-order valence-electron chi connectivity index (χ0n) is 10.9. The smallest absolute Gasteiger partial charge is 0.356 e. The molecule has 0 aromatic carbocycles. The fourth-order valence-corrected chi connectivity index (χ4v) is 2.34. The summed E-state index contributed by atoms with van der Waals surface area (Å²) in [5.41, 5.74) is 1.07. The molecule has 0 bridgehead atoms. The molecule has 1 heterocycles. The number of esters is 1. The molecule has 0 amide bonds. The maximum Gasteiger partial charge on any atom is 0.356 e. The van der Waals surface area contributed by atoms with Crippen LogP contribution in [-0.4, -0.2) is 29.0 Å². The Hall–Kier alpha value is -1.72. The monoisotopic (exact) mass is 295 g/mol. The number of allylic oxidation sites excluding steroid dienone is 1. The molecular weight excluding hydrogens is 282 g/mol. The van der Waals surface area contributed by atoms with Crippen LogP contribution in [0.4, 0.5) is 0 Å². The van der Waals surface area contributed by atoms with Crippen molar-refractivity contribution in [2.24, 2.45) is 0 Å². The third kappa shape index (κ3) is 3.05. The topological polar surface area (TPSA) is 76.5 Å². The van der Waals surface area contributed by atoms with Gasteiger partial charge < -0.3 is 9.84 Å². The van der Waals surface area contributed by atoms with Gasteiger partial charge in [-0.3, -0.25) is 4.79 Å². The van der Waals surface area contributed by atoms with Crippen molar-refractivity contribution in [2.75, 3.05) is 7.11 Å². The molecule has 106 valence electrons. The lowest BCUT2D eigenvalue weighted by Gasteiger charge is -2.19. The van der Waals surface area contributed by atoms with E-state index in [4.69, 9.17) is 11.6 Å². The number of ether oxygens (including phenoxy) is 1. The number of carbonyl (C=O) groups is 2. The average Bonchev–Trinajstić information content (AvgIpc) is 2.45. The Balaban J connectivity index is 2.26. The maximum atomic E-state index is 11.4. The largest absolute Gasteiger partial charge is 0.464 e. The minimum atomic E-state index is -0.981. The van der Waals surface area contributed by atoms with Gasteiger partial charge in [0.2, 0.25) is 0 Å². The molecule has 1 atom stereocenters. The van der Waals surface area contributed by atoms with E-state index in [1.54, 1.807) is 0 Å². The van der Waals surface area contributed by atoms with Crippen molar-refractivity contribution in [2.45, 2.75) is 25.4 Å². The molecule has 6 heteroatoms. The van der Waals surface area contributed by atoms with Crippen LogP contribution >= 0.6 is 11.6 Å². The lowest BCUT2D eigenvalue weighted by atomic mass is 9.91. The first-order valence-electron chi connectivity index (χ1n) is 6.16. The van der Waals surface area contributed by atoms with Crippen molar-refractivity contribution in [3.63, 3.8) is 0 Å². The van der Waals surface area contributed by atoms with Gasteiger partial charge in [0.1, 0.15) is 22.7 Å². The Morgan fingerprint density at radius 1 is 1.50 bits per heavy atom. The highest BCUT2D eigenvalue weighted by Gasteiger charge is 2.22. The number of aromatic nitrogens is 1. The van der Waals surface area contributed by atoms with Crippen LogP contribution in [0, 0.1) is 0 Å². The maximum absolute atomic E-state index is 11.4. The quantitative estimate of drug-likeness (QED) is 0.526. The van der Waals surface area contributed by atoms with Gasteiger partial charge in [-0.25, -0.2) is 9.78 Å². The second-order valence-electron chi connectivity index (χ2n) is 4.50. The molecule has 0 fully saturated rings. The van der Waals surface area contributed by atoms with Crippen LogP contribution in [0.2, 0.25) is 5.15 Å². The van der Waals surface area contributed by atoms with Gasteiger partial charge >= 0.3 is 5.97 Å². The average molecular weight is 296 g/mol. The first-order valence-corrected chi connectivity index (χ1v) is 6.54. The van der Waals surface area contributed by atoms with Gasteiger partial charge in [-0.05, 0) is 18.1 Å². The Morgan fingerprint density at radius 3 is 2.85 bits per heavy atom. The second-order valence-corrected chi connectivity index (χ2v) is 4.86. The van der Waals surface area contributed by atoms with Crippen molar-refractivity contribution in [1.82, 2.24) is 4.98 Å². The van der Waals surface area contributed by atoms with Crippen LogP contribution in [0.15, 0.2) is 23.8 Å². The SMILES string of the molecule is COC(=O)c1ccc(C(O)C2=CCCC(=O)C2)c(Cl)n1. The number of hydrogen-bond donors (Lipinski definition) is 1. The van der Waals surface area contributed by atoms with Crippen LogP contribution in [0.5, 0.6) is 0 Å². The summed E-state index contributed by atoms with van der Waals surface area (Å²) in [7, 11) is 1.25. The summed E-state index contributed by atoms with van der Waals surface area (Å²) in [5.74, 6) is -0.503. The van der Waals surface area contributed by atoms with Crippen LogP contribution in [0.1, 0.15) is 41.4 Å². The summed E-state index contributed by atoms with van der Waals surface area (Å²) in [6, 6.07) is 2.95. The highest BCUT2D eigenvalue weighted by Crippen LogP contribution is 2.31. The summed E-state index contributed by atoms with van der Waals surface area (Å²) in [5, 5.41) is 10.3. The number of hydrogen-bond acceptors (Lipinski definition) is 5. The highest BCUT2D eigenvalue weighted by atomic mass is 35.5. The van der Waals surface area contributed by atoms with E-state index in [0.29, 0.717) is 24.0 Å². The van der Waals surface area contributed by atoms with E-state index in [1.165, 1.54) is 19.2 Å². The lowest BCUT2D eigenvalue weighted by molar-refractivity contribution is -0.118. The standard InChI is InChI=1S/C14H14ClNO4/c1-20-14(19)11-6-5-10(13(15)16-11)12(18)8-3-2-4-9(17)7-8/h3,5-6,12,18H,2,4,7H2,1H3. The van der Waals surface area contributed by atoms with Crippen LogP contribution in [-0.2, 0) is 9.53 Å². The number of pyridine rings is 1. The lowest BCUT2D eigenvalue weighted by Crippen LogP contribution is -2.13. The third-order valence-electron chi connectivity index (χ3n) is 3.15. The van der Waals surface area contributed by atoms with Gasteiger partial charge in [-0.2, -0.15) is 0 Å². The van der Waals surface area contributed by atoms with E-state index in [0.717, 1.165) is 0 Å². The Kier molecular flexibility index (Phi) is 4.52. The molecule has 0 saturated carbocycles. The highest BCUT2D eigenvalue weighted by molar-refractivity contribution is 6.30. The predicted molar refractivity (Wildman–Crippen MR) is 72.5 cm³/mol. The molecule has 1 aliphatic carbocycles. The van der Waals surface area contributed by atoms with Gasteiger partial charge in [-0.1, -0.05) is 23.7 Å². The van der Waals surface area contributed by atoms with Crippen molar-refractivity contribution >= 4 is 23.4 Å². The van der Waals surface area contributed by atoms with E-state index < -0.39 is 12.1 Å². The zero-order valence-corrected chi connectivity index (χ0v) is 11.7. The van der Waals surface area contributed by atoms with E-state index in [9.17, 15) is 14.7 Å². The minimum Gasteiger partial charge on any atom is -0.464 e. The number of rotatable bonds is 3. The fourth-order valence-electron chi connectivity index (χ4n) is 2.08. The molecule has 1 aliphatic rings. The fraction of sp³-hybridized carbons (Fsp3) is 0.357. The molecular formula is C14H14ClNO4. The number of Topliss-reactive ketones (excluding diaryl/α,β-unsaturated/α-hetero) is 1. The van der Waals surface area contributed by atoms with Gasteiger partial charge in [0.15, 0.2) is 0 Å². The molecule has 20 heavy (non-hydrogen) atoms. The van der Waals surface area contributed by atoms with Gasteiger partial charge in [0, 0.05) is 18.4 Å². The van der Waals surface area contributed by atoms with E-state index in [-0.39, 0.29) is 23.1 Å². The molecule has 1 N–H and O–H groups in total. The normalized spacial score (nSPS) is 16.6. The summed E-state index contributed by atoms with van der Waals surface area (Å²) in [6.07, 6.45) is 2.21. The number of halogens is 1. The summed E-state index contributed by atoms with van der Waals surface area (Å²) in [4.78, 5) is 26.6. The summed E-state index contributed by atoms with van der Waals surface area (Å²) >= 11 is 5.99. The van der Waals surface area contributed by atoms with Crippen LogP contribution in [0.25, 0.3) is 0 Å². The number of aliphatic hydroxyl groups excluding tert-OH is 1. The van der Waals surface area contributed by atoms with Crippen LogP contribution in [0.3, 0.4) is 0 Å². The Labute approximate surface area is 121 Å². The van der Waals surface area contributed by atoms with Gasteiger partial charge in [-0.15, -0.1) is 0 Å². The summed E-state index contributed by atoms with van der Waals surface area (Å²) < 4.78 is 4.54. The van der Waals surface area contributed by atoms with E-state index in [1.807, 2.05) is 6.08 Å². The molecule has 0 saturated heterocycles. The van der Waals surface area contributed by atoms with Gasteiger partial charge in [0.05, 0.1) is 7.11 Å². The first kappa shape index (κ1) is 14.7. The third-order valence-corrected chi connectivity index (χ3v) is 3.45. The summed E-state index contributed by atoms with van der Waals surface area (Å²) in [6.45, 7) is 0. The Bertz CT molecular complexity index is 583. The molecule has 2 rings (SSSR count). The van der Waals surface area contributed by atoms with E-state index >= 15 is 0 Å². The number of nitrogens with zero attached hydrogens (tertiary/aromatic N) is 1. The van der Waals surface area contributed by atoms with Crippen molar-refractivity contribution in [1.29, 1.82) is 0 Å². The number of methoxy groups -OCH3 is 1. The number of carbonyl (C=O) groups excluding carboxylic acids is 2. The van der Waals surface area contributed by atoms with E-state index in [2.05, 4.69) is 9.72 Å². The predicted octanol–water partition coefficient (Wildman–Crippen LogP) is 2.23. The molecule has 0 spiro atoms. The Morgan fingerprint density at radius 2 is 2.25 bits per heavy atom. The first-order chi connectivity index (χ1) is 9.52. The molecule has 5 nitrogen and oxygen atoms in total. The number of aliphatic hydroxyl groups is 1. The van der Waals surface area contributed by atoms with Crippen molar-refractivity contribution in [3.05, 3.63) is 40.2 Å².